The fourth-order valence-corrected chi connectivity index (χ4v) is 3.41. The Balaban J connectivity index is 2.04. The number of benzene rings is 1. The molecule has 3 rings (SSSR count). The molecule has 9 heteroatoms. The Kier molecular flexibility index (Phi) is 7.55. The second-order valence-corrected chi connectivity index (χ2v) is 8.99. The SMILES string of the molecule is COC(=O)Nc1ccc2c(c1)NC(=O)[C@@H](C)C=CC[C@H](NC(=O)OC(C)(C)C)c1cc-2ccn1. The molecule has 34 heavy (non-hydrogen) atoms. The van der Waals surface area contributed by atoms with Crippen molar-refractivity contribution in [2.45, 2.75) is 45.8 Å². The van der Waals surface area contributed by atoms with Gasteiger partial charge in [-0.2, -0.15) is 0 Å². The van der Waals surface area contributed by atoms with Crippen LogP contribution in [0.3, 0.4) is 0 Å². The monoisotopic (exact) mass is 466 g/mol. The normalized spacial score (nSPS) is 17.9. The van der Waals surface area contributed by atoms with Gasteiger partial charge in [0, 0.05) is 17.4 Å². The van der Waals surface area contributed by atoms with E-state index in [1.807, 2.05) is 18.2 Å². The van der Waals surface area contributed by atoms with Crippen molar-refractivity contribution in [1.29, 1.82) is 0 Å². The van der Waals surface area contributed by atoms with E-state index in [4.69, 9.17) is 4.74 Å². The number of methoxy groups -OCH3 is 1. The Morgan fingerprint density at radius 2 is 1.91 bits per heavy atom. The van der Waals surface area contributed by atoms with Crippen LogP contribution in [-0.4, -0.2) is 35.8 Å². The van der Waals surface area contributed by atoms with E-state index in [1.165, 1.54) is 7.11 Å². The zero-order valence-corrected chi connectivity index (χ0v) is 20.0. The molecule has 1 aliphatic rings. The maximum Gasteiger partial charge on any atom is 0.411 e. The minimum Gasteiger partial charge on any atom is -0.453 e. The highest BCUT2D eigenvalue weighted by Gasteiger charge is 2.22. The predicted octanol–water partition coefficient (Wildman–Crippen LogP) is 5.03. The maximum atomic E-state index is 12.8. The molecule has 0 aliphatic carbocycles. The second-order valence-electron chi connectivity index (χ2n) is 8.99. The molecular formula is C25H30N4O5. The summed E-state index contributed by atoms with van der Waals surface area (Å²) < 4.78 is 10.1. The van der Waals surface area contributed by atoms with E-state index in [1.54, 1.807) is 58.2 Å². The fourth-order valence-electron chi connectivity index (χ4n) is 3.41. The first-order valence-electron chi connectivity index (χ1n) is 11.0. The van der Waals surface area contributed by atoms with Crippen molar-refractivity contribution in [3.8, 4) is 11.1 Å². The van der Waals surface area contributed by atoms with Crippen LogP contribution in [0.1, 0.15) is 45.9 Å². The van der Waals surface area contributed by atoms with Crippen molar-refractivity contribution >= 4 is 29.5 Å². The summed E-state index contributed by atoms with van der Waals surface area (Å²) in [4.78, 5) is 41.4. The van der Waals surface area contributed by atoms with Crippen LogP contribution in [-0.2, 0) is 14.3 Å². The average molecular weight is 467 g/mol. The number of aromatic nitrogens is 1. The summed E-state index contributed by atoms with van der Waals surface area (Å²) in [6.45, 7) is 7.17. The summed E-state index contributed by atoms with van der Waals surface area (Å²) >= 11 is 0. The molecule has 0 saturated carbocycles. The van der Waals surface area contributed by atoms with Gasteiger partial charge in [0.25, 0.3) is 0 Å². The topological polar surface area (TPSA) is 119 Å². The van der Waals surface area contributed by atoms with Crippen LogP contribution in [0.25, 0.3) is 11.1 Å². The highest BCUT2D eigenvalue weighted by atomic mass is 16.6. The van der Waals surface area contributed by atoms with E-state index in [0.717, 1.165) is 11.1 Å². The van der Waals surface area contributed by atoms with Gasteiger partial charge in [0.05, 0.1) is 30.5 Å². The number of nitrogens with zero attached hydrogens (tertiary/aromatic N) is 1. The van der Waals surface area contributed by atoms with E-state index < -0.39 is 29.7 Å². The first-order chi connectivity index (χ1) is 16.1. The van der Waals surface area contributed by atoms with Gasteiger partial charge >= 0.3 is 12.2 Å². The zero-order chi connectivity index (χ0) is 24.9. The lowest BCUT2D eigenvalue weighted by atomic mass is 9.98. The van der Waals surface area contributed by atoms with Gasteiger partial charge in [-0.3, -0.25) is 15.1 Å². The number of anilines is 2. The lowest BCUT2D eigenvalue weighted by molar-refractivity contribution is -0.118. The van der Waals surface area contributed by atoms with Gasteiger partial charge in [-0.05, 0) is 57.0 Å². The molecule has 2 aromatic rings. The van der Waals surface area contributed by atoms with Crippen LogP contribution in [0.2, 0.25) is 0 Å². The number of pyridine rings is 1. The van der Waals surface area contributed by atoms with Gasteiger partial charge in [-0.1, -0.05) is 25.1 Å². The van der Waals surface area contributed by atoms with Crippen molar-refractivity contribution in [1.82, 2.24) is 10.3 Å². The van der Waals surface area contributed by atoms with Crippen LogP contribution >= 0.6 is 0 Å². The molecule has 180 valence electrons. The van der Waals surface area contributed by atoms with Gasteiger partial charge in [0.15, 0.2) is 0 Å². The van der Waals surface area contributed by atoms with Crippen molar-refractivity contribution in [3.63, 3.8) is 0 Å². The van der Waals surface area contributed by atoms with E-state index in [9.17, 15) is 14.4 Å². The fraction of sp³-hybridized carbons (Fsp3) is 0.360. The quantitative estimate of drug-likeness (QED) is 0.534. The highest BCUT2D eigenvalue weighted by Crippen LogP contribution is 2.33. The Morgan fingerprint density at radius 1 is 1.15 bits per heavy atom. The second kappa shape index (κ2) is 10.4. The third kappa shape index (κ3) is 6.57. The molecule has 2 atom stereocenters. The van der Waals surface area contributed by atoms with Crippen LogP contribution in [0.4, 0.5) is 21.0 Å². The molecule has 2 heterocycles. The van der Waals surface area contributed by atoms with E-state index >= 15 is 0 Å². The third-order valence-electron chi connectivity index (χ3n) is 5.06. The van der Waals surface area contributed by atoms with Gasteiger partial charge in [-0.25, -0.2) is 9.59 Å². The van der Waals surface area contributed by atoms with Crippen molar-refractivity contribution in [3.05, 3.63) is 54.4 Å². The Bertz CT molecular complexity index is 1110. The van der Waals surface area contributed by atoms with Crippen LogP contribution < -0.4 is 16.0 Å². The Morgan fingerprint density at radius 3 is 2.62 bits per heavy atom. The van der Waals surface area contributed by atoms with Gasteiger partial charge < -0.3 is 20.1 Å². The summed E-state index contributed by atoms with van der Waals surface area (Å²) in [5.41, 5.74) is 2.53. The van der Waals surface area contributed by atoms with Crippen molar-refractivity contribution in [2.75, 3.05) is 17.7 Å². The largest absolute Gasteiger partial charge is 0.453 e. The first kappa shape index (κ1) is 24.8. The number of nitrogens with one attached hydrogen (secondary N) is 3. The molecule has 1 aliphatic heterocycles. The first-order valence-corrected chi connectivity index (χ1v) is 11.0. The maximum absolute atomic E-state index is 12.8. The van der Waals surface area contributed by atoms with Gasteiger partial charge in [-0.15, -0.1) is 0 Å². The Hall–Kier alpha value is -3.88. The lowest BCUT2D eigenvalue weighted by Gasteiger charge is -2.24. The molecule has 1 aromatic carbocycles. The average Bonchev–Trinajstić information content (AvgIpc) is 2.76. The number of hydrogen-bond donors (Lipinski definition) is 3. The number of amides is 3. The van der Waals surface area contributed by atoms with Crippen molar-refractivity contribution < 1.29 is 23.9 Å². The van der Waals surface area contributed by atoms with Gasteiger partial charge in [0.2, 0.25) is 5.91 Å². The van der Waals surface area contributed by atoms with E-state index in [-0.39, 0.29) is 5.91 Å². The minimum atomic E-state index is -0.637. The van der Waals surface area contributed by atoms with Gasteiger partial charge in [0.1, 0.15) is 5.60 Å². The molecule has 0 radical (unpaired) electrons. The number of hydrogen-bond acceptors (Lipinski definition) is 6. The third-order valence-corrected chi connectivity index (χ3v) is 5.06. The van der Waals surface area contributed by atoms with Crippen LogP contribution in [0.15, 0.2) is 48.7 Å². The number of ether oxygens (including phenoxy) is 2. The molecule has 9 nitrogen and oxygen atoms in total. The molecule has 0 saturated heterocycles. The molecule has 3 amide bonds. The Labute approximate surface area is 198 Å². The van der Waals surface area contributed by atoms with E-state index in [2.05, 4.69) is 25.7 Å². The summed E-state index contributed by atoms with van der Waals surface area (Å²) in [7, 11) is 1.28. The number of alkyl carbamates (subject to hydrolysis) is 1. The predicted molar refractivity (Wildman–Crippen MR) is 129 cm³/mol. The number of fused-ring (bicyclic) bond motifs is 4. The highest BCUT2D eigenvalue weighted by molar-refractivity contribution is 5.99. The number of carbonyl (C=O) groups is 3. The zero-order valence-electron chi connectivity index (χ0n) is 20.0. The molecule has 0 fully saturated rings. The smallest absolute Gasteiger partial charge is 0.411 e. The molecular weight excluding hydrogens is 436 g/mol. The number of rotatable bonds is 2. The summed E-state index contributed by atoms with van der Waals surface area (Å²) in [5, 5.41) is 8.44. The van der Waals surface area contributed by atoms with Crippen LogP contribution in [0, 0.1) is 5.92 Å². The van der Waals surface area contributed by atoms with E-state index in [0.29, 0.717) is 23.5 Å². The molecule has 3 N–H and O–H groups in total. The molecule has 2 bridgehead atoms. The van der Waals surface area contributed by atoms with Crippen LogP contribution in [0.5, 0.6) is 0 Å². The summed E-state index contributed by atoms with van der Waals surface area (Å²) in [6, 6.07) is 8.40. The standard InChI is InChI=1S/C25H30N4O5/c1-15-7-6-8-19(29-24(32)34-25(2,3)4)21-13-16(11-12-26-21)18-10-9-17(27-23(31)33-5)14-20(18)28-22(15)30/h6-7,9-15,19H,8H2,1-5H3,(H,27,31)(H,28,30)(H,29,32)/t15-,19-/m0/s1. The number of carbonyl (C=O) groups excluding carboxylic acids is 3. The molecule has 0 spiro atoms. The molecule has 1 aromatic heterocycles. The lowest BCUT2D eigenvalue weighted by Crippen LogP contribution is -2.35. The summed E-state index contributed by atoms with van der Waals surface area (Å²) in [6.07, 6.45) is 4.55. The minimum absolute atomic E-state index is 0.209. The molecule has 0 unspecified atom stereocenters. The summed E-state index contributed by atoms with van der Waals surface area (Å²) in [5.74, 6) is -0.641. The van der Waals surface area contributed by atoms with Crippen molar-refractivity contribution in [2.24, 2.45) is 5.92 Å².